The Labute approximate surface area is 230 Å². The smallest absolute Gasteiger partial charge is 0.255 e. The van der Waals surface area contributed by atoms with Crippen LogP contribution in [0.5, 0.6) is 5.75 Å². The second-order valence-corrected chi connectivity index (χ2v) is 12.1. The minimum absolute atomic E-state index is 0.192. The van der Waals surface area contributed by atoms with E-state index in [0.29, 0.717) is 28.2 Å². The summed E-state index contributed by atoms with van der Waals surface area (Å²) in [5, 5.41) is 4.22. The zero-order valence-electron chi connectivity index (χ0n) is 23.3. The van der Waals surface area contributed by atoms with Crippen molar-refractivity contribution in [1.29, 1.82) is 0 Å². The van der Waals surface area contributed by atoms with Gasteiger partial charge in [0.2, 0.25) is 10.0 Å². The first kappa shape index (κ1) is 29.5. The van der Waals surface area contributed by atoms with Crippen molar-refractivity contribution in [1.82, 2.24) is 4.98 Å². The lowest BCUT2D eigenvalue weighted by Crippen LogP contribution is -2.27. The fraction of sp³-hybridized carbons (Fsp3) is 0.286. The van der Waals surface area contributed by atoms with E-state index < -0.39 is 15.9 Å². The molecule has 0 radical (unpaired) electrons. The molecule has 11 heteroatoms. The molecular formula is C28H36N6O4S. The molecule has 0 fully saturated rings. The van der Waals surface area contributed by atoms with Crippen LogP contribution in [0.15, 0.2) is 54.9 Å². The summed E-state index contributed by atoms with van der Waals surface area (Å²) in [7, 11) is -2.19. The Bertz CT molecular complexity index is 1510. The number of amides is 1. The SMILES string of the molecule is COc1c(NC(=O)c2ccc(C)c(N(N)/C=C(\N)c3ccc(C)nc3)c2)cc(C(C)(C)C)cc1NS(C)(=O)=O. The number of pyridine rings is 1. The van der Waals surface area contributed by atoms with Crippen LogP contribution in [0.1, 0.15) is 53.5 Å². The second kappa shape index (κ2) is 11.3. The molecule has 0 bridgehead atoms. The molecule has 1 amide bonds. The van der Waals surface area contributed by atoms with E-state index in [0.717, 1.165) is 23.1 Å². The van der Waals surface area contributed by atoms with Gasteiger partial charge in [0.25, 0.3) is 5.91 Å². The highest BCUT2D eigenvalue weighted by molar-refractivity contribution is 7.92. The number of benzene rings is 2. The largest absolute Gasteiger partial charge is 0.492 e. The molecule has 10 nitrogen and oxygen atoms in total. The standard InChI is InChI=1S/C28H36N6O4S/c1-17-8-10-19(12-25(17)34(30)16-22(29)20-11-9-18(2)31-15-20)27(35)32-23-13-21(28(3,4)5)14-24(26(23)38-6)33-39(7,36)37/h8-16,33H,29-30H2,1-7H3,(H,32,35)/b22-16-. The third-order valence-electron chi connectivity index (χ3n) is 5.97. The molecule has 0 unspecified atom stereocenters. The summed E-state index contributed by atoms with van der Waals surface area (Å²) in [6.07, 6.45) is 4.28. The van der Waals surface area contributed by atoms with Gasteiger partial charge in [-0.3, -0.25) is 19.5 Å². The van der Waals surface area contributed by atoms with Gasteiger partial charge in [0.15, 0.2) is 5.75 Å². The van der Waals surface area contributed by atoms with Gasteiger partial charge in [0, 0.05) is 29.2 Å². The van der Waals surface area contributed by atoms with Crippen LogP contribution in [0.3, 0.4) is 0 Å². The molecular weight excluding hydrogens is 516 g/mol. The Balaban J connectivity index is 1.98. The van der Waals surface area contributed by atoms with Crippen LogP contribution in [0.25, 0.3) is 5.70 Å². The summed E-state index contributed by atoms with van der Waals surface area (Å²) in [4.78, 5) is 17.6. The van der Waals surface area contributed by atoms with Gasteiger partial charge in [0.05, 0.1) is 36.1 Å². The van der Waals surface area contributed by atoms with E-state index in [1.807, 2.05) is 46.8 Å². The number of sulfonamides is 1. The Hall–Kier alpha value is -4.09. The van der Waals surface area contributed by atoms with Crippen molar-refractivity contribution in [3.8, 4) is 5.75 Å². The van der Waals surface area contributed by atoms with Gasteiger partial charge < -0.3 is 15.8 Å². The van der Waals surface area contributed by atoms with Gasteiger partial charge in [-0.25, -0.2) is 14.3 Å². The molecule has 39 heavy (non-hydrogen) atoms. The predicted molar refractivity (Wildman–Crippen MR) is 157 cm³/mol. The van der Waals surface area contributed by atoms with Crippen LogP contribution >= 0.6 is 0 Å². The number of methoxy groups -OCH3 is 1. The van der Waals surface area contributed by atoms with Gasteiger partial charge in [-0.1, -0.05) is 26.8 Å². The van der Waals surface area contributed by atoms with Crippen LogP contribution in [0.2, 0.25) is 0 Å². The van der Waals surface area contributed by atoms with Gasteiger partial charge in [-0.2, -0.15) is 0 Å². The van der Waals surface area contributed by atoms with Crippen LogP contribution in [-0.2, 0) is 15.4 Å². The molecule has 208 valence electrons. The fourth-order valence-electron chi connectivity index (χ4n) is 3.81. The average Bonchev–Trinajstić information content (AvgIpc) is 2.82. The van der Waals surface area contributed by atoms with E-state index in [-0.39, 0.29) is 16.9 Å². The monoisotopic (exact) mass is 552 g/mol. The Morgan fingerprint density at radius 1 is 1.05 bits per heavy atom. The van der Waals surface area contributed by atoms with Crippen molar-refractivity contribution < 1.29 is 17.9 Å². The number of hydrazine groups is 1. The quantitative estimate of drug-likeness (QED) is 0.239. The first-order chi connectivity index (χ1) is 18.1. The third-order valence-corrected chi connectivity index (χ3v) is 6.57. The number of hydrogen-bond donors (Lipinski definition) is 4. The summed E-state index contributed by atoms with van der Waals surface area (Å²) < 4.78 is 32.0. The van der Waals surface area contributed by atoms with E-state index in [2.05, 4.69) is 15.0 Å². The molecule has 3 rings (SSSR count). The lowest BCUT2D eigenvalue weighted by atomic mass is 9.86. The number of carbonyl (C=O) groups is 1. The molecule has 3 aromatic rings. The number of ether oxygens (including phenoxy) is 1. The van der Waals surface area contributed by atoms with Gasteiger partial charge in [0.1, 0.15) is 0 Å². The average molecular weight is 553 g/mol. The zero-order chi connectivity index (χ0) is 29.1. The van der Waals surface area contributed by atoms with Crippen LogP contribution < -0.4 is 31.4 Å². The molecule has 0 aliphatic heterocycles. The van der Waals surface area contributed by atoms with Crippen molar-refractivity contribution in [2.24, 2.45) is 11.6 Å². The summed E-state index contributed by atoms with van der Waals surface area (Å²) in [6.45, 7) is 9.71. The number of nitrogens with one attached hydrogen (secondary N) is 2. The number of aromatic nitrogens is 1. The van der Waals surface area contributed by atoms with Crippen molar-refractivity contribution in [2.75, 3.05) is 28.4 Å². The first-order valence-electron chi connectivity index (χ1n) is 12.2. The first-order valence-corrected chi connectivity index (χ1v) is 14.0. The molecule has 0 atom stereocenters. The Morgan fingerprint density at radius 2 is 1.69 bits per heavy atom. The van der Waals surface area contributed by atoms with Crippen LogP contribution in [-0.4, -0.2) is 32.7 Å². The number of nitrogens with two attached hydrogens (primary N) is 2. The molecule has 0 saturated heterocycles. The maximum atomic E-state index is 13.4. The van der Waals surface area contributed by atoms with Gasteiger partial charge in [-0.15, -0.1) is 0 Å². The molecule has 0 aliphatic carbocycles. The minimum atomic E-state index is -3.60. The van der Waals surface area contributed by atoms with E-state index in [4.69, 9.17) is 16.3 Å². The van der Waals surface area contributed by atoms with Gasteiger partial charge >= 0.3 is 0 Å². The lowest BCUT2D eigenvalue weighted by Gasteiger charge is -2.24. The van der Waals surface area contributed by atoms with Crippen LogP contribution in [0, 0.1) is 13.8 Å². The topological polar surface area (TPSA) is 153 Å². The van der Waals surface area contributed by atoms with E-state index in [1.165, 1.54) is 12.1 Å². The second-order valence-electron chi connectivity index (χ2n) is 10.4. The van der Waals surface area contributed by atoms with Crippen molar-refractivity contribution in [2.45, 2.75) is 40.0 Å². The maximum Gasteiger partial charge on any atom is 0.255 e. The Kier molecular flexibility index (Phi) is 8.57. The highest BCUT2D eigenvalue weighted by atomic mass is 32.2. The predicted octanol–water partition coefficient (Wildman–Crippen LogP) is 4.27. The highest BCUT2D eigenvalue weighted by Crippen LogP contribution is 2.39. The van der Waals surface area contributed by atoms with Gasteiger partial charge in [-0.05, 0) is 66.8 Å². The number of rotatable bonds is 8. The molecule has 0 aliphatic rings. The Morgan fingerprint density at radius 3 is 2.26 bits per heavy atom. The molecule has 0 saturated carbocycles. The number of anilines is 3. The zero-order valence-corrected chi connectivity index (χ0v) is 24.1. The van der Waals surface area contributed by atoms with E-state index >= 15 is 0 Å². The highest BCUT2D eigenvalue weighted by Gasteiger charge is 2.23. The van der Waals surface area contributed by atoms with Crippen molar-refractivity contribution >= 4 is 38.7 Å². The summed E-state index contributed by atoms with van der Waals surface area (Å²) in [5.74, 6) is 6.08. The van der Waals surface area contributed by atoms with Crippen molar-refractivity contribution in [3.05, 3.63) is 82.8 Å². The number of carbonyl (C=O) groups excluding carboxylic acids is 1. The fourth-order valence-corrected chi connectivity index (χ4v) is 4.36. The molecule has 1 aromatic heterocycles. The molecule has 0 spiro atoms. The van der Waals surface area contributed by atoms with Crippen LogP contribution in [0.4, 0.5) is 17.1 Å². The third kappa shape index (κ3) is 7.49. The molecule has 1 heterocycles. The molecule has 2 aromatic carbocycles. The maximum absolute atomic E-state index is 13.4. The summed E-state index contributed by atoms with van der Waals surface area (Å²) in [5.41, 5.74) is 11.0. The number of aryl methyl sites for hydroxylation is 2. The number of hydrogen-bond acceptors (Lipinski definition) is 8. The molecule has 6 N–H and O–H groups in total. The summed E-state index contributed by atoms with van der Waals surface area (Å²) in [6, 6.07) is 12.3. The van der Waals surface area contributed by atoms with E-state index in [1.54, 1.807) is 42.7 Å². The minimum Gasteiger partial charge on any atom is -0.492 e. The number of nitrogens with zero attached hydrogens (tertiary/aromatic N) is 2. The van der Waals surface area contributed by atoms with E-state index in [9.17, 15) is 13.2 Å². The summed E-state index contributed by atoms with van der Waals surface area (Å²) >= 11 is 0. The lowest BCUT2D eigenvalue weighted by molar-refractivity contribution is 0.102. The van der Waals surface area contributed by atoms with Crippen molar-refractivity contribution in [3.63, 3.8) is 0 Å². The normalized spacial score (nSPS) is 12.2.